The molecule has 4 heteroatoms. The Labute approximate surface area is 98.5 Å². The number of Topliss-reactive ketones (excluding diaryl/α,β-unsaturated/α-hetero) is 1. The Morgan fingerprint density at radius 3 is 2.87 bits per heavy atom. The van der Waals surface area contributed by atoms with Gasteiger partial charge in [-0.15, -0.1) is 11.3 Å². The van der Waals surface area contributed by atoms with Gasteiger partial charge in [-0.05, 0) is 26.0 Å². The van der Waals surface area contributed by atoms with Crippen molar-refractivity contribution in [2.24, 2.45) is 5.92 Å². The van der Waals surface area contributed by atoms with Crippen molar-refractivity contribution in [2.75, 3.05) is 11.5 Å². The van der Waals surface area contributed by atoms with Crippen molar-refractivity contribution in [3.8, 4) is 0 Å². The van der Waals surface area contributed by atoms with Crippen LogP contribution in [-0.4, -0.2) is 22.3 Å². The summed E-state index contributed by atoms with van der Waals surface area (Å²) in [5.74, 6) is 2.84. The fourth-order valence-electron chi connectivity index (χ4n) is 1.70. The number of ketones is 1. The molecular weight excluding hydrogens is 226 g/mol. The highest BCUT2D eigenvalue weighted by atomic mass is 32.2. The summed E-state index contributed by atoms with van der Waals surface area (Å²) >= 11 is 3.55. The molecule has 0 saturated carbocycles. The molecule has 1 aliphatic heterocycles. The Hall–Kier alpha value is -0.350. The van der Waals surface area contributed by atoms with Crippen LogP contribution >= 0.6 is 23.1 Å². The summed E-state index contributed by atoms with van der Waals surface area (Å²) in [6.45, 7) is 4.07. The molecule has 1 saturated heterocycles. The summed E-state index contributed by atoms with van der Waals surface area (Å²) in [7, 11) is 0. The number of aromatic nitrogens is 1. The number of aryl methyl sites for hydroxylation is 2. The van der Waals surface area contributed by atoms with Crippen molar-refractivity contribution in [1.82, 2.24) is 4.98 Å². The van der Waals surface area contributed by atoms with E-state index in [1.807, 2.05) is 18.7 Å². The Morgan fingerprint density at radius 2 is 2.33 bits per heavy atom. The van der Waals surface area contributed by atoms with Gasteiger partial charge in [-0.3, -0.25) is 4.79 Å². The largest absolute Gasteiger partial charge is 0.299 e. The Bertz CT molecular complexity index is 347. The number of thiazole rings is 1. The van der Waals surface area contributed by atoms with Crippen LogP contribution in [0.2, 0.25) is 0 Å². The second-order valence-corrected chi connectivity index (χ2v) is 6.39. The van der Waals surface area contributed by atoms with Crippen LogP contribution in [0, 0.1) is 19.8 Å². The van der Waals surface area contributed by atoms with E-state index in [1.54, 1.807) is 11.3 Å². The molecule has 0 bridgehead atoms. The first-order valence-electron chi connectivity index (χ1n) is 5.20. The Balaban J connectivity index is 1.99. The van der Waals surface area contributed by atoms with Crippen LogP contribution in [0.5, 0.6) is 0 Å². The minimum Gasteiger partial charge on any atom is -0.299 e. The van der Waals surface area contributed by atoms with Crippen molar-refractivity contribution in [3.05, 3.63) is 15.6 Å². The van der Waals surface area contributed by atoms with Crippen LogP contribution in [0.3, 0.4) is 0 Å². The highest BCUT2D eigenvalue weighted by Gasteiger charge is 2.23. The summed E-state index contributed by atoms with van der Waals surface area (Å²) in [6, 6.07) is 0. The van der Waals surface area contributed by atoms with Gasteiger partial charge in [0.2, 0.25) is 0 Å². The fraction of sp³-hybridized carbons (Fsp3) is 0.636. The van der Waals surface area contributed by atoms with Gasteiger partial charge in [-0.25, -0.2) is 4.98 Å². The lowest BCUT2D eigenvalue weighted by molar-refractivity contribution is -0.121. The van der Waals surface area contributed by atoms with Crippen LogP contribution in [0.4, 0.5) is 0 Å². The monoisotopic (exact) mass is 241 g/mol. The van der Waals surface area contributed by atoms with E-state index in [2.05, 4.69) is 11.9 Å². The number of hydrogen-bond acceptors (Lipinski definition) is 4. The molecule has 82 valence electrons. The van der Waals surface area contributed by atoms with E-state index in [9.17, 15) is 4.79 Å². The Morgan fingerprint density at radius 1 is 1.53 bits per heavy atom. The van der Waals surface area contributed by atoms with E-state index in [0.29, 0.717) is 18.1 Å². The van der Waals surface area contributed by atoms with Gasteiger partial charge in [-0.2, -0.15) is 11.8 Å². The number of nitrogens with zero attached hydrogens (tertiary/aromatic N) is 1. The molecule has 0 aliphatic carbocycles. The molecule has 15 heavy (non-hydrogen) atoms. The predicted molar refractivity (Wildman–Crippen MR) is 65.7 cm³/mol. The van der Waals surface area contributed by atoms with Crippen LogP contribution in [0.1, 0.15) is 22.0 Å². The molecule has 2 nitrogen and oxygen atoms in total. The van der Waals surface area contributed by atoms with Crippen molar-refractivity contribution in [3.63, 3.8) is 0 Å². The van der Waals surface area contributed by atoms with E-state index >= 15 is 0 Å². The van der Waals surface area contributed by atoms with Gasteiger partial charge in [-0.1, -0.05) is 0 Å². The lowest BCUT2D eigenvalue weighted by Crippen LogP contribution is -2.15. The summed E-state index contributed by atoms with van der Waals surface area (Å²) < 4.78 is 0. The zero-order chi connectivity index (χ0) is 10.8. The molecule has 1 aromatic rings. The van der Waals surface area contributed by atoms with Crippen molar-refractivity contribution >= 4 is 28.9 Å². The van der Waals surface area contributed by atoms with E-state index < -0.39 is 0 Å². The van der Waals surface area contributed by atoms with Crippen LogP contribution in [0.25, 0.3) is 0 Å². The van der Waals surface area contributed by atoms with Gasteiger partial charge in [0, 0.05) is 16.5 Å². The number of thioether (sulfide) groups is 1. The maximum absolute atomic E-state index is 11.9. The van der Waals surface area contributed by atoms with Crippen molar-refractivity contribution in [2.45, 2.75) is 26.7 Å². The molecule has 0 spiro atoms. The molecule has 0 amide bonds. The highest BCUT2D eigenvalue weighted by Crippen LogP contribution is 2.26. The van der Waals surface area contributed by atoms with Gasteiger partial charge in [0.1, 0.15) is 10.8 Å². The summed E-state index contributed by atoms with van der Waals surface area (Å²) in [5.41, 5.74) is 1.07. The average Bonchev–Trinajstić information content (AvgIpc) is 2.77. The first-order valence-corrected chi connectivity index (χ1v) is 7.17. The fourth-order valence-corrected chi connectivity index (χ4v) is 3.90. The molecule has 0 N–H and O–H groups in total. The molecule has 1 atom stereocenters. The van der Waals surface area contributed by atoms with Crippen molar-refractivity contribution in [1.29, 1.82) is 0 Å². The first-order chi connectivity index (χ1) is 7.16. The predicted octanol–water partition coefficient (Wildman–Crippen LogP) is 2.62. The van der Waals surface area contributed by atoms with Crippen LogP contribution in [-0.2, 0) is 11.2 Å². The third kappa shape index (κ3) is 2.61. The third-order valence-electron chi connectivity index (χ3n) is 2.78. The molecule has 1 aliphatic rings. The number of carbonyl (C=O) groups is 1. The maximum Gasteiger partial charge on any atom is 0.143 e. The number of hydrogen-bond donors (Lipinski definition) is 0. The van der Waals surface area contributed by atoms with Gasteiger partial charge >= 0.3 is 0 Å². The standard InChI is InChI=1S/C11H15NOS2/c1-7-8(2)15-11(12-7)5-10(13)9-3-4-14-6-9/h9H,3-6H2,1-2H3. The molecular formula is C11H15NOS2. The van der Waals surface area contributed by atoms with E-state index in [1.165, 1.54) is 4.88 Å². The minimum atomic E-state index is 0.291. The normalized spacial score (nSPS) is 20.8. The minimum absolute atomic E-state index is 0.291. The van der Waals surface area contributed by atoms with Crippen molar-refractivity contribution < 1.29 is 4.79 Å². The molecule has 1 unspecified atom stereocenters. The van der Waals surface area contributed by atoms with Gasteiger partial charge < -0.3 is 0 Å². The molecule has 1 aromatic heterocycles. The molecule has 2 rings (SSSR count). The van der Waals surface area contributed by atoms with Crippen LogP contribution < -0.4 is 0 Å². The zero-order valence-corrected chi connectivity index (χ0v) is 10.7. The zero-order valence-electron chi connectivity index (χ0n) is 9.08. The lowest BCUT2D eigenvalue weighted by atomic mass is 10.0. The smallest absolute Gasteiger partial charge is 0.143 e. The van der Waals surface area contributed by atoms with E-state index in [4.69, 9.17) is 0 Å². The van der Waals surface area contributed by atoms with E-state index in [0.717, 1.165) is 28.6 Å². The second-order valence-electron chi connectivity index (χ2n) is 3.95. The topological polar surface area (TPSA) is 30.0 Å². The SMILES string of the molecule is Cc1nc(CC(=O)C2CCSC2)sc1C. The molecule has 1 fully saturated rings. The average molecular weight is 241 g/mol. The quantitative estimate of drug-likeness (QED) is 0.815. The van der Waals surface area contributed by atoms with Crippen LogP contribution in [0.15, 0.2) is 0 Å². The third-order valence-corrected chi connectivity index (χ3v) is 5.02. The summed E-state index contributed by atoms with van der Waals surface area (Å²) in [6.07, 6.45) is 1.61. The summed E-state index contributed by atoms with van der Waals surface area (Å²) in [5, 5.41) is 0.993. The van der Waals surface area contributed by atoms with E-state index in [-0.39, 0.29) is 0 Å². The van der Waals surface area contributed by atoms with Gasteiger partial charge in [0.15, 0.2) is 0 Å². The summed E-state index contributed by atoms with van der Waals surface area (Å²) in [4.78, 5) is 17.5. The molecule has 0 aromatic carbocycles. The van der Waals surface area contributed by atoms with Gasteiger partial charge in [0.05, 0.1) is 12.1 Å². The number of rotatable bonds is 3. The second kappa shape index (κ2) is 4.66. The highest BCUT2D eigenvalue weighted by molar-refractivity contribution is 7.99. The number of carbonyl (C=O) groups excluding carboxylic acids is 1. The molecule has 2 heterocycles. The van der Waals surface area contributed by atoms with Gasteiger partial charge in [0.25, 0.3) is 0 Å². The molecule has 0 radical (unpaired) electrons. The Kier molecular flexibility index (Phi) is 3.46. The maximum atomic E-state index is 11.9. The lowest BCUT2D eigenvalue weighted by Gasteiger charge is -2.04. The first kappa shape index (κ1) is 11.1.